The molecule has 2 aromatic rings. The molecular formula is C20H26N3O+. The number of hydrogen-bond donors (Lipinski definition) is 1. The molecule has 1 saturated heterocycles. The molecule has 4 heteroatoms. The topological polar surface area (TPSA) is 46.3 Å². The second-order valence-electron chi connectivity index (χ2n) is 6.97. The number of hydrogen-bond acceptors (Lipinski definition) is 2. The van der Waals surface area contributed by atoms with Gasteiger partial charge in [-0.3, -0.25) is 9.69 Å². The van der Waals surface area contributed by atoms with Gasteiger partial charge in [-0.1, -0.05) is 60.7 Å². The van der Waals surface area contributed by atoms with Gasteiger partial charge in [0.15, 0.2) is 0 Å². The third-order valence-corrected chi connectivity index (χ3v) is 5.06. The zero-order chi connectivity index (χ0) is 17.0. The summed E-state index contributed by atoms with van der Waals surface area (Å²) in [7, 11) is 2.33. The highest BCUT2D eigenvalue weighted by Crippen LogP contribution is 2.33. The molecule has 0 saturated carbocycles. The van der Waals surface area contributed by atoms with E-state index in [1.54, 1.807) is 0 Å². The Morgan fingerprint density at radius 3 is 2.38 bits per heavy atom. The van der Waals surface area contributed by atoms with Crippen LogP contribution in [-0.2, 0) is 11.3 Å². The third-order valence-electron chi connectivity index (χ3n) is 5.06. The number of carbonyl (C=O) groups excluding carboxylic acids is 1. The van der Waals surface area contributed by atoms with Gasteiger partial charge in [-0.05, 0) is 0 Å². The number of likely N-dealkylation sites (N-methyl/N-ethyl adjacent to an activating group) is 1. The summed E-state index contributed by atoms with van der Waals surface area (Å²) in [6.07, 6.45) is 0. The first-order chi connectivity index (χ1) is 11.6. The standard InChI is InChI=1S/C20H25N3O/c1-23(16-17-8-4-2-5-9-17)13-12-22(15-20(21)24)14-19(23)18-10-6-3-7-11-18/h2-11,19H,12-16H2,1H3,(H-,21,24)/p+1. The zero-order valence-electron chi connectivity index (χ0n) is 14.3. The number of nitrogens with zero attached hydrogens (tertiary/aromatic N) is 2. The number of nitrogens with two attached hydrogens (primary N) is 1. The molecule has 0 radical (unpaired) electrons. The Bertz CT molecular complexity index is 674. The third kappa shape index (κ3) is 3.83. The van der Waals surface area contributed by atoms with Crippen LogP contribution in [0.15, 0.2) is 60.7 Å². The number of amides is 1. The molecule has 24 heavy (non-hydrogen) atoms. The first-order valence-corrected chi connectivity index (χ1v) is 8.50. The summed E-state index contributed by atoms with van der Waals surface area (Å²) in [5.41, 5.74) is 8.09. The molecule has 2 atom stereocenters. The second kappa shape index (κ2) is 7.16. The van der Waals surface area contributed by atoms with Crippen LogP contribution in [0.2, 0.25) is 0 Å². The Morgan fingerprint density at radius 2 is 1.75 bits per heavy atom. The fourth-order valence-electron chi connectivity index (χ4n) is 3.75. The Labute approximate surface area is 144 Å². The van der Waals surface area contributed by atoms with E-state index < -0.39 is 0 Å². The maximum atomic E-state index is 11.3. The summed E-state index contributed by atoms with van der Waals surface area (Å²) in [6.45, 7) is 4.09. The van der Waals surface area contributed by atoms with E-state index in [1.165, 1.54) is 11.1 Å². The van der Waals surface area contributed by atoms with Crippen molar-refractivity contribution in [2.75, 3.05) is 33.2 Å². The lowest BCUT2D eigenvalue weighted by molar-refractivity contribution is -0.956. The highest BCUT2D eigenvalue weighted by atomic mass is 16.1. The lowest BCUT2D eigenvalue weighted by atomic mass is 9.98. The number of piperazine rings is 1. The molecule has 0 aliphatic carbocycles. The SMILES string of the molecule is C[N+]1(Cc2ccccc2)CCN(CC(N)=O)CC1c1ccccc1. The van der Waals surface area contributed by atoms with Crippen molar-refractivity contribution >= 4 is 5.91 Å². The predicted molar refractivity (Wildman–Crippen MR) is 96.0 cm³/mol. The van der Waals surface area contributed by atoms with E-state index in [4.69, 9.17) is 5.73 Å². The normalized spacial score (nSPS) is 24.6. The highest BCUT2D eigenvalue weighted by molar-refractivity contribution is 5.75. The molecule has 1 heterocycles. The number of benzene rings is 2. The minimum absolute atomic E-state index is 0.249. The number of carbonyl (C=O) groups is 1. The van der Waals surface area contributed by atoms with Gasteiger partial charge in [0.2, 0.25) is 5.91 Å². The number of primary amides is 1. The molecule has 4 nitrogen and oxygen atoms in total. The molecule has 1 fully saturated rings. The van der Waals surface area contributed by atoms with Gasteiger partial charge in [0.1, 0.15) is 12.6 Å². The van der Waals surface area contributed by atoms with Gasteiger partial charge in [-0.2, -0.15) is 0 Å². The molecule has 2 aromatic carbocycles. The molecule has 126 valence electrons. The van der Waals surface area contributed by atoms with Crippen LogP contribution >= 0.6 is 0 Å². The van der Waals surface area contributed by atoms with Gasteiger partial charge >= 0.3 is 0 Å². The van der Waals surface area contributed by atoms with Crippen LogP contribution < -0.4 is 5.73 Å². The Kier molecular flexibility index (Phi) is 4.97. The van der Waals surface area contributed by atoms with E-state index in [-0.39, 0.29) is 5.91 Å². The van der Waals surface area contributed by atoms with Gasteiger partial charge in [-0.15, -0.1) is 0 Å². The monoisotopic (exact) mass is 324 g/mol. The van der Waals surface area contributed by atoms with Crippen molar-refractivity contribution in [2.45, 2.75) is 12.6 Å². The molecule has 0 spiro atoms. The summed E-state index contributed by atoms with van der Waals surface area (Å²) in [5, 5.41) is 0. The zero-order valence-corrected chi connectivity index (χ0v) is 14.3. The first-order valence-electron chi connectivity index (χ1n) is 8.50. The minimum Gasteiger partial charge on any atom is -0.369 e. The van der Waals surface area contributed by atoms with Crippen LogP contribution in [0.1, 0.15) is 17.2 Å². The fraction of sp³-hybridized carbons (Fsp3) is 0.350. The van der Waals surface area contributed by atoms with Gasteiger partial charge in [0.25, 0.3) is 0 Å². The summed E-state index contributed by atoms with van der Waals surface area (Å²) >= 11 is 0. The van der Waals surface area contributed by atoms with Gasteiger partial charge in [0, 0.05) is 17.7 Å². The van der Waals surface area contributed by atoms with E-state index in [1.807, 2.05) is 0 Å². The van der Waals surface area contributed by atoms with Gasteiger partial charge < -0.3 is 10.2 Å². The van der Waals surface area contributed by atoms with E-state index >= 15 is 0 Å². The van der Waals surface area contributed by atoms with Crippen molar-refractivity contribution in [3.8, 4) is 0 Å². The molecule has 0 aromatic heterocycles. The van der Waals surface area contributed by atoms with Gasteiger partial charge in [-0.25, -0.2) is 0 Å². The number of quaternary nitrogens is 1. The molecule has 1 aliphatic heterocycles. The fourth-order valence-corrected chi connectivity index (χ4v) is 3.75. The summed E-state index contributed by atoms with van der Waals surface area (Å²) in [4.78, 5) is 13.5. The molecule has 1 amide bonds. The van der Waals surface area contributed by atoms with Crippen LogP contribution in [0.5, 0.6) is 0 Å². The second-order valence-corrected chi connectivity index (χ2v) is 6.97. The van der Waals surface area contributed by atoms with Crippen LogP contribution in [-0.4, -0.2) is 48.5 Å². The Morgan fingerprint density at radius 1 is 1.12 bits per heavy atom. The lowest BCUT2D eigenvalue weighted by Crippen LogP contribution is -2.59. The molecule has 3 rings (SSSR count). The first kappa shape index (κ1) is 16.7. The Hall–Kier alpha value is -2.17. The highest BCUT2D eigenvalue weighted by Gasteiger charge is 2.39. The quantitative estimate of drug-likeness (QED) is 0.857. The van der Waals surface area contributed by atoms with Crippen molar-refractivity contribution in [1.82, 2.24) is 4.90 Å². The van der Waals surface area contributed by atoms with Crippen LogP contribution in [0, 0.1) is 0 Å². The summed E-state index contributed by atoms with van der Waals surface area (Å²) < 4.78 is 0.948. The maximum Gasteiger partial charge on any atom is 0.231 e. The predicted octanol–water partition coefficient (Wildman–Crippen LogP) is 2.18. The average molecular weight is 324 g/mol. The Balaban J connectivity index is 1.87. The largest absolute Gasteiger partial charge is 0.369 e. The lowest BCUT2D eigenvalue weighted by Gasteiger charge is -2.48. The van der Waals surface area contributed by atoms with Crippen molar-refractivity contribution in [1.29, 1.82) is 0 Å². The van der Waals surface area contributed by atoms with Crippen LogP contribution in [0.4, 0.5) is 0 Å². The molecule has 1 aliphatic rings. The van der Waals surface area contributed by atoms with Crippen molar-refractivity contribution in [3.63, 3.8) is 0 Å². The van der Waals surface area contributed by atoms with Gasteiger partial charge in [0.05, 0.1) is 26.7 Å². The molecular weight excluding hydrogens is 298 g/mol. The molecule has 0 bridgehead atoms. The minimum atomic E-state index is -0.249. The smallest absolute Gasteiger partial charge is 0.231 e. The van der Waals surface area contributed by atoms with Crippen molar-refractivity contribution in [2.24, 2.45) is 5.73 Å². The van der Waals surface area contributed by atoms with Crippen LogP contribution in [0.3, 0.4) is 0 Å². The summed E-state index contributed by atoms with van der Waals surface area (Å²) in [6, 6.07) is 21.6. The molecule has 2 unspecified atom stereocenters. The average Bonchev–Trinajstić information content (AvgIpc) is 2.58. The van der Waals surface area contributed by atoms with E-state index in [9.17, 15) is 4.79 Å². The van der Waals surface area contributed by atoms with Crippen molar-refractivity contribution < 1.29 is 9.28 Å². The summed E-state index contributed by atoms with van der Waals surface area (Å²) in [5.74, 6) is -0.249. The van der Waals surface area contributed by atoms with E-state index in [0.29, 0.717) is 12.6 Å². The van der Waals surface area contributed by atoms with E-state index in [2.05, 4.69) is 72.6 Å². The number of rotatable bonds is 5. The van der Waals surface area contributed by atoms with E-state index in [0.717, 1.165) is 30.7 Å². The molecule has 2 N–H and O–H groups in total. The van der Waals surface area contributed by atoms with Crippen molar-refractivity contribution in [3.05, 3.63) is 71.8 Å². The van der Waals surface area contributed by atoms with Crippen LogP contribution in [0.25, 0.3) is 0 Å². The maximum absolute atomic E-state index is 11.3.